The molecule has 0 spiro atoms. The summed E-state index contributed by atoms with van der Waals surface area (Å²) in [4.78, 5) is 2.73. The van der Waals surface area contributed by atoms with E-state index in [0.29, 0.717) is 12.1 Å². The number of rotatable bonds is 6. The quantitative estimate of drug-likeness (QED) is 0.856. The lowest BCUT2D eigenvalue weighted by atomic mass is 9.98. The second-order valence-electron chi connectivity index (χ2n) is 6.32. The van der Waals surface area contributed by atoms with E-state index in [-0.39, 0.29) is 0 Å². The van der Waals surface area contributed by atoms with Gasteiger partial charge in [0.15, 0.2) is 0 Å². The molecule has 1 aromatic rings. The first kappa shape index (κ1) is 15.5. The molecule has 2 rings (SSSR count). The Kier molecular flexibility index (Phi) is 6.06. The zero-order chi connectivity index (χ0) is 14.4. The SMILES string of the molecule is CCC(C)CN1CC(CC)NCC1Cc1ccccc1. The van der Waals surface area contributed by atoms with E-state index in [2.05, 4.69) is 61.3 Å². The van der Waals surface area contributed by atoms with Gasteiger partial charge in [0, 0.05) is 31.7 Å². The van der Waals surface area contributed by atoms with Gasteiger partial charge in [0.05, 0.1) is 0 Å². The number of benzene rings is 1. The van der Waals surface area contributed by atoms with E-state index in [0.717, 1.165) is 12.5 Å². The van der Waals surface area contributed by atoms with Gasteiger partial charge in [-0.2, -0.15) is 0 Å². The fraction of sp³-hybridized carbons (Fsp3) is 0.667. The largest absolute Gasteiger partial charge is 0.311 e. The molecule has 112 valence electrons. The molecule has 1 fully saturated rings. The van der Waals surface area contributed by atoms with Crippen molar-refractivity contribution in [3.63, 3.8) is 0 Å². The average molecular weight is 274 g/mol. The molecule has 3 unspecified atom stereocenters. The highest BCUT2D eigenvalue weighted by Gasteiger charge is 2.27. The zero-order valence-corrected chi connectivity index (χ0v) is 13.3. The summed E-state index contributed by atoms with van der Waals surface area (Å²) in [6.07, 6.45) is 3.68. The maximum absolute atomic E-state index is 3.72. The van der Waals surface area contributed by atoms with Crippen molar-refractivity contribution >= 4 is 0 Å². The lowest BCUT2D eigenvalue weighted by Gasteiger charge is -2.41. The van der Waals surface area contributed by atoms with E-state index in [1.807, 2.05) is 0 Å². The van der Waals surface area contributed by atoms with Crippen LogP contribution in [0.4, 0.5) is 0 Å². The van der Waals surface area contributed by atoms with Gasteiger partial charge in [-0.05, 0) is 24.3 Å². The highest BCUT2D eigenvalue weighted by Crippen LogP contribution is 2.17. The van der Waals surface area contributed by atoms with Gasteiger partial charge < -0.3 is 5.32 Å². The molecule has 1 aliphatic heterocycles. The van der Waals surface area contributed by atoms with Crippen LogP contribution in [0, 0.1) is 5.92 Å². The van der Waals surface area contributed by atoms with Crippen LogP contribution in [0.1, 0.15) is 39.2 Å². The molecule has 1 aromatic carbocycles. The van der Waals surface area contributed by atoms with Crippen LogP contribution in [0.5, 0.6) is 0 Å². The molecular weight excluding hydrogens is 244 g/mol. The Labute approximate surface area is 124 Å². The lowest BCUT2D eigenvalue weighted by Crippen LogP contribution is -2.57. The molecule has 0 bridgehead atoms. The fourth-order valence-electron chi connectivity index (χ4n) is 3.04. The molecule has 2 nitrogen and oxygen atoms in total. The standard InChI is InChI=1S/C18H30N2/c1-4-15(3)13-20-14-17(5-2)19-12-18(20)11-16-9-7-6-8-10-16/h6-10,15,17-19H,4-5,11-14H2,1-3H3. The summed E-state index contributed by atoms with van der Waals surface area (Å²) >= 11 is 0. The minimum absolute atomic E-state index is 0.647. The predicted molar refractivity (Wildman–Crippen MR) is 87.0 cm³/mol. The first-order valence-electron chi connectivity index (χ1n) is 8.24. The van der Waals surface area contributed by atoms with Crippen molar-refractivity contribution in [2.75, 3.05) is 19.6 Å². The summed E-state index contributed by atoms with van der Waals surface area (Å²) in [6, 6.07) is 12.2. The Morgan fingerprint density at radius 3 is 2.65 bits per heavy atom. The van der Waals surface area contributed by atoms with Crippen molar-refractivity contribution in [3.05, 3.63) is 35.9 Å². The van der Waals surface area contributed by atoms with Gasteiger partial charge in [-0.3, -0.25) is 4.90 Å². The van der Waals surface area contributed by atoms with Gasteiger partial charge in [-0.15, -0.1) is 0 Å². The highest BCUT2D eigenvalue weighted by molar-refractivity contribution is 5.16. The molecule has 0 amide bonds. The molecule has 0 aliphatic carbocycles. The summed E-state index contributed by atoms with van der Waals surface area (Å²) in [5.41, 5.74) is 1.46. The van der Waals surface area contributed by atoms with Gasteiger partial charge in [0.2, 0.25) is 0 Å². The van der Waals surface area contributed by atoms with Crippen molar-refractivity contribution in [3.8, 4) is 0 Å². The summed E-state index contributed by atoms with van der Waals surface area (Å²) in [6.45, 7) is 10.5. The molecule has 3 atom stereocenters. The summed E-state index contributed by atoms with van der Waals surface area (Å²) in [5, 5.41) is 3.72. The predicted octanol–water partition coefficient (Wildman–Crippen LogP) is 3.33. The maximum Gasteiger partial charge on any atom is 0.0261 e. The molecule has 0 radical (unpaired) electrons. The Morgan fingerprint density at radius 2 is 2.00 bits per heavy atom. The Hall–Kier alpha value is -0.860. The van der Waals surface area contributed by atoms with E-state index in [9.17, 15) is 0 Å². The Morgan fingerprint density at radius 1 is 1.25 bits per heavy atom. The van der Waals surface area contributed by atoms with Crippen molar-refractivity contribution in [2.24, 2.45) is 5.92 Å². The van der Waals surface area contributed by atoms with Gasteiger partial charge in [-0.1, -0.05) is 57.5 Å². The van der Waals surface area contributed by atoms with Crippen molar-refractivity contribution < 1.29 is 0 Å². The molecule has 0 aromatic heterocycles. The van der Waals surface area contributed by atoms with E-state index >= 15 is 0 Å². The zero-order valence-electron chi connectivity index (χ0n) is 13.3. The number of piperazine rings is 1. The van der Waals surface area contributed by atoms with Gasteiger partial charge >= 0.3 is 0 Å². The molecule has 1 aliphatic rings. The number of nitrogens with zero attached hydrogens (tertiary/aromatic N) is 1. The normalized spacial score (nSPS) is 25.6. The third-order valence-electron chi connectivity index (χ3n) is 4.66. The monoisotopic (exact) mass is 274 g/mol. The van der Waals surface area contributed by atoms with Crippen LogP contribution in [0.25, 0.3) is 0 Å². The van der Waals surface area contributed by atoms with Gasteiger partial charge in [-0.25, -0.2) is 0 Å². The molecule has 20 heavy (non-hydrogen) atoms. The van der Waals surface area contributed by atoms with Gasteiger partial charge in [0.1, 0.15) is 0 Å². The topological polar surface area (TPSA) is 15.3 Å². The van der Waals surface area contributed by atoms with Crippen LogP contribution in [-0.4, -0.2) is 36.6 Å². The number of hydrogen-bond acceptors (Lipinski definition) is 2. The molecule has 0 saturated carbocycles. The highest BCUT2D eigenvalue weighted by atomic mass is 15.2. The third kappa shape index (κ3) is 4.32. The minimum atomic E-state index is 0.647. The average Bonchev–Trinajstić information content (AvgIpc) is 2.50. The summed E-state index contributed by atoms with van der Waals surface area (Å²) < 4.78 is 0. The third-order valence-corrected chi connectivity index (χ3v) is 4.66. The molecule has 1 N–H and O–H groups in total. The van der Waals surface area contributed by atoms with E-state index in [1.54, 1.807) is 0 Å². The second kappa shape index (κ2) is 7.80. The first-order chi connectivity index (χ1) is 9.72. The van der Waals surface area contributed by atoms with Crippen LogP contribution in [-0.2, 0) is 6.42 Å². The lowest BCUT2D eigenvalue weighted by molar-refractivity contribution is 0.110. The van der Waals surface area contributed by atoms with Crippen molar-refractivity contribution in [1.82, 2.24) is 10.2 Å². The van der Waals surface area contributed by atoms with Crippen molar-refractivity contribution in [1.29, 1.82) is 0 Å². The number of hydrogen-bond donors (Lipinski definition) is 1. The van der Waals surface area contributed by atoms with Crippen LogP contribution < -0.4 is 5.32 Å². The van der Waals surface area contributed by atoms with Crippen molar-refractivity contribution in [2.45, 2.75) is 52.1 Å². The maximum atomic E-state index is 3.72. The Bertz CT molecular complexity index is 374. The van der Waals surface area contributed by atoms with Gasteiger partial charge in [0.25, 0.3) is 0 Å². The van der Waals surface area contributed by atoms with Crippen LogP contribution >= 0.6 is 0 Å². The fourth-order valence-corrected chi connectivity index (χ4v) is 3.04. The van der Waals surface area contributed by atoms with E-state index < -0.39 is 0 Å². The summed E-state index contributed by atoms with van der Waals surface area (Å²) in [5.74, 6) is 0.795. The second-order valence-corrected chi connectivity index (χ2v) is 6.32. The molecule has 2 heteroatoms. The Balaban J connectivity index is 2.00. The first-order valence-corrected chi connectivity index (χ1v) is 8.24. The minimum Gasteiger partial charge on any atom is -0.311 e. The summed E-state index contributed by atoms with van der Waals surface area (Å²) in [7, 11) is 0. The van der Waals surface area contributed by atoms with Crippen LogP contribution in [0.3, 0.4) is 0 Å². The van der Waals surface area contributed by atoms with Crippen LogP contribution in [0.15, 0.2) is 30.3 Å². The molecular formula is C18H30N2. The molecule has 1 heterocycles. The number of nitrogens with one attached hydrogen (secondary N) is 1. The molecule has 1 saturated heterocycles. The van der Waals surface area contributed by atoms with Crippen LogP contribution in [0.2, 0.25) is 0 Å². The van der Waals surface area contributed by atoms with E-state index in [4.69, 9.17) is 0 Å². The smallest absolute Gasteiger partial charge is 0.0261 e. The van der Waals surface area contributed by atoms with E-state index in [1.165, 1.54) is 37.9 Å².